The van der Waals surface area contributed by atoms with Crippen molar-refractivity contribution in [2.45, 2.75) is 45.3 Å². The summed E-state index contributed by atoms with van der Waals surface area (Å²) in [6, 6.07) is 6.71. The van der Waals surface area contributed by atoms with Gasteiger partial charge in [-0.15, -0.1) is 0 Å². The van der Waals surface area contributed by atoms with Gasteiger partial charge >= 0.3 is 0 Å². The molecule has 1 rings (SSSR count). The van der Waals surface area contributed by atoms with E-state index in [0.29, 0.717) is 19.6 Å². The zero-order valence-corrected chi connectivity index (χ0v) is 17.2. The Hall–Kier alpha value is -1.58. The number of nitrogens with zero attached hydrogens (tertiary/aromatic N) is 3. The van der Waals surface area contributed by atoms with Crippen molar-refractivity contribution < 1.29 is 15.1 Å². The van der Waals surface area contributed by atoms with Crippen LogP contribution in [0.4, 0.5) is 5.69 Å². The van der Waals surface area contributed by atoms with E-state index in [-0.39, 0.29) is 10.6 Å². The minimum absolute atomic E-state index is 0.117. The van der Waals surface area contributed by atoms with Crippen molar-refractivity contribution in [2.75, 3.05) is 45.8 Å². The Morgan fingerprint density at radius 2 is 1.50 bits per heavy atom. The first-order valence-corrected chi connectivity index (χ1v) is 10.1. The van der Waals surface area contributed by atoms with Crippen LogP contribution in [0.15, 0.2) is 24.3 Å². The average molecular weight is 397 g/mol. The number of non-ortho nitro benzene ring substituents is 1. The van der Waals surface area contributed by atoms with Crippen LogP contribution < -0.4 is 5.73 Å². The number of rotatable bonds is 15. The Morgan fingerprint density at radius 3 is 1.96 bits per heavy atom. The summed E-state index contributed by atoms with van der Waals surface area (Å²) in [6.07, 6.45) is 2.06. The van der Waals surface area contributed by atoms with Crippen LogP contribution in [0, 0.1) is 10.1 Å². The Balaban J connectivity index is 2.42. The molecule has 2 unspecified atom stereocenters. The fourth-order valence-electron chi connectivity index (χ4n) is 3.25. The number of nitro benzene ring substituents is 1. The van der Waals surface area contributed by atoms with Crippen LogP contribution in [0.3, 0.4) is 0 Å². The molecule has 2 atom stereocenters. The van der Waals surface area contributed by atoms with Crippen LogP contribution in [0.25, 0.3) is 0 Å². The van der Waals surface area contributed by atoms with Gasteiger partial charge in [0.2, 0.25) is 0 Å². The standard InChI is InChI=1S/C20H36N4O4/c1-17(25)15-22(13-14-23(12-10-21)16-18(2)26)11-4-3-5-19-6-8-20(9-7-19)24(27)28/h6-9,17-18,25-26H,3-5,10-16,21H2,1-2H3. The summed E-state index contributed by atoms with van der Waals surface area (Å²) in [4.78, 5) is 14.7. The Labute approximate surface area is 168 Å². The quantitative estimate of drug-likeness (QED) is 0.232. The fourth-order valence-corrected chi connectivity index (χ4v) is 3.25. The number of nitrogens with two attached hydrogens (primary N) is 1. The molecule has 0 saturated heterocycles. The number of aryl methyl sites for hydroxylation is 1. The Bertz CT molecular complexity index is 552. The predicted molar refractivity (Wildman–Crippen MR) is 111 cm³/mol. The topological polar surface area (TPSA) is 116 Å². The molecule has 0 aliphatic rings. The highest BCUT2D eigenvalue weighted by Gasteiger charge is 2.12. The fraction of sp³-hybridized carbons (Fsp3) is 0.700. The summed E-state index contributed by atoms with van der Waals surface area (Å²) < 4.78 is 0. The lowest BCUT2D eigenvalue weighted by Gasteiger charge is -2.29. The SMILES string of the molecule is CC(O)CN(CCN)CCN(CCCCc1ccc([N+](=O)[O-])cc1)CC(C)O. The zero-order valence-electron chi connectivity index (χ0n) is 17.2. The molecule has 0 fully saturated rings. The molecule has 0 bridgehead atoms. The lowest BCUT2D eigenvalue weighted by molar-refractivity contribution is -0.384. The second kappa shape index (κ2) is 13.6. The number of hydrogen-bond acceptors (Lipinski definition) is 7. The summed E-state index contributed by atoms with van der Waals surface area (Å²) in [6.45, 7) is 8.57. The molecule has 1 aromatic carbocycles. The molecule has 0 aliphatic carbocycles. The highest BCUT2D eigenvalue weighted by molar-refractivity contribution is 5.32. The van der Waals surface area contributed by atoms with E-state index in [1.807, 2.05) is 12.1 Å². The van der Waals surface area contributed by atoms with Crippen molar-refractivity contribution >= 4 is 5.69 Å². The molecule has 0 aliphatic heterocycles. The van der Waals surface area contributed by atoms with E-state index in [1.165, 1.54) is 0 Å². The molecule has 0 amide bonds. The first-order chi connectivity index (χ1) is 13.3. The molecule has 0 spiro atoms. The number of nitro groups is 1. The second-order valence-electron chi connectivity index (χ2n) is 7.47. The highest BCUT2D eigenvalue weighted by atomic mass is 16.6. The minimum atomic E-state index is -0.394. The molecular weight excluding hydrogens is 360 g/mol. The molecule has 0 saturated carbocycles. The summed E-state index contributed by atoms with van der Waals surface area (Å²) in [7, 11) is 0. The lowest BCUT2D eigenvalue weighted by Crippen LogP contribution is -2.42. The third-order valence-electron chi connectivity index (χ3n) is 4.56. The molecule has 0 radical (unpaired) electrons. The van der Waals surface area contributed by atoms with Crippen molar-refractivity contribution in [3.05, 3.63) is 39.9 Å². The Kier molecular flexibility index (Phi) is 11.9. The van der Waals surface area contributed by atoms with Gasteiger partial charge in [0.15, 0.2) is 0 Å². The van der Waals surface area contributed by atoms with E-state index in [4.69, 9.17) is 5.73 Å². The van der Waals surface area contributed by atoms with Gasteiger partial charge in [-0.05, 0) is 45.2 Å². The van der Waals surface area contributed by atoms with Crippen molar-refractivity contribution in [1.82, 2.24) is 9.80 Å². The van der Waals surface area contributed by atoms with Gasteiger partial charge in [0.25, 0.3) is 5.69 Å². The highest BCUT2D eigenvalue weighted by Crippen LogP contribution is 2.14. The largest absolute Gasteiger partial charge is 0.392 e. The number of hydrogen-bond donors (Lipinski definition) is 3. The molecule has 28 heavy (non-hydrogen) atoms. The normalized spacial score (nSPS) is 13.8. The van der Waals surface area contributed by atoms with Crippen molar-refractivity contribution in [1.29, 1.82) is 0 Å². The molecule has 8 nitrogen and oxygen atoms in total. The van der Waals surface area contributed by atoms with E-state index in [0.717, 1.165) is 51.0 Å². The van der Waals surface area contributed by atoms with Crippen LogP contribution >= 0.6 is 0 Å². The van der Waals surface area contributed by atoms with Crippen LogP contribution in [0.2, 0.25) is 0 Å². The summed E-state index contributed by atoms with van der Waals surface area (Å²) >= 11 is 0. The van der Waals surface area contributed by atoms with Crippen LogP contribution in [0.5, 0.6) is 0 Å². The molecule has 8 heteroatoms. The van der Waals surface area contributed by atoms with Gasteiger partial charge in [-0.3, -0.25) is 19.9 Å². The molecular formula is C20H36N4O4. The van der Waals surface area contributed by atoms with Gasteiger partial charge in [0.1, 0.15) is 0 Å². The van der Waals surface area contributed by atoms with Gasteiger partial charge in [0.05, 0.1) is 17.1 Å². The van der Waals surface area contributed by atoms with E-state index >= 15 is 0 Å². The molecule has 4 N–H and O–H groups in total. The van der Waals surface area contributed by atoms with Crippen molar-refractivity contribution in [2.24, 2.45) is 5.73 Å². The van der Waals surface area contributed by atoms with Crippen LogP contribution in [-0.2, 0) is 6.42 Å². The predicted octanol–water partition coefficient (Wildman–Crippen LogP) is 1.24. The molecule has 160 valence electrons. The molecule has 0 aromatic heterocycles. The molecule has 1 aromatic rings. The second-order valence-corrected chi connectivity index (χ2v) is 7.47. The van der Waals surface area contributed by atoms with Crippen molar-refractivity contribution in [3.63, 3.8) is 0 Å². The van der Waals surface area contributed by atoms with Gasteiger partial charge in [-0.25, -0.2) is 0 Å². The van der Waals surface area contributed by atoms with E-state index in [9.17, 15) is 20.3 Å². The maximum atomic E-state index is 10.7. The monoisotopic (exact) mass is 396 g/mol. The number of aliphatic hydroxyl groups is 2. The van der Waals surface area contributed by atoms with Gasteiger partial charge in [-0.2, -0.15) is 0 Å². The zero-order chi connectivity index (χ0) is 20.9. The van der Waals surface area contributed by atoms with Gasteiger partial charge < -0.3 is 15.9 Å². The minimum Gasteiger partial charge on any atom is -0.392 e. The van der Waals surface area contributed by atoms with E-state index in [2.05, 4.69) is 9.80 Å². The maximum absolute atomic E-state index is 10.7. The van der Waals surface area contributed by atoms with Crippen LogP contribution in [0.1, 0.15) is 32.3 Å². The lowest BCUT2D eigenvalue weighted by atomic mass is 10.1. The molecule has 0 heterocycles. The smallest absolute Gasteiger partial charge is 0.269 e. The van der Waals surface area contributed by atoms with E-state index < -0.39 is 12.2 Å². The van der Waals surface area contributed by atoms with Crippen molar-refractivity contribution in [3.8, 4) is 0 Å². The first-order valence-electron chi connectivity index (χ1n) is 10.1. The van der Waals surface area contributed by atoms with Gasteiger partial charge in [0, 0.05) is 51.4 Å². The first kappa shape index (κ1) is 24.5. The Morgan fingerprint density at radius 1 is 0.964 bits per heavy atom. The number of aliphatic hydroxyl groups excluding tert-OH is 2. The van der Waals surface area contributed by atoms with E-state index in [1.54, 1.807) is 26.0 Å². The average Bonchev–Trinajstić information content (AvgIpc) is 2.62. The summed E-state index contributed by atoms with van der Waals surface area (Å²) in [5.74, 6) is 0. The maximum Gasteiger partial charge on any atom is 0.269 e. The third kappa shape index (κ3) is 10.7. The summed E-state index contributed by atoms with van der Waals surface area (Å²) in [5.41, 5.74) is 6.87. The van der Waals surface area contributed by atoms with Gasteiger partial charge in [-0.1, -0.05) is 12.1 Å². The number of unbranched alkanes of at least 4 members (excludes halogenated alkanes) is 1. The number of benzene rings is 1. The summed E-state index contributed by atoms with van der Waals surface area (Å²) in [5, 5.41) is 30.1. The third-order valence-corrected chi connectivity index (χ3v) is 4.56. The van der Waals surface area contributed by atoms with Crippen LogP contribution in [-0.4, -0.2) is 83.0 Å².